The number of methoxy groups -OCH3 is 1. The average molecular weight is 364 g/mol. The zero-order valence-electron chi connectivity index (χ0n) is 15.9. The predicted octanol–water partition coefficient (Wildman–Crippen LogP) is 0.550. The largest absolute Gasteiger partial charge is 0.497 e. The number of benzene rings is 1. The highest BCUT2D eigenvalue weighted by Crippen LogP contribution is 2.16. The zero-order valence-corrected chi connectivity index (χ0v) is 15.9. The molecule has 0 heterocycles. The van der Waals surface area contributed by atoms with Crippen LogP contribution in [0.1, 0.15) is 13.3 Å². The van der Waals surface area contributed by atoms with Gasteiger partial charge in [0, 0.05) is 25.3 Å². The van der Waals surface area contributed by atoms with Gasteiger partial charge in [0.1, 0.15) is 5.75 Å². The van der Waals surface area contributed by atoms with Gasteiger partial charge in [-0.15, -0.1) is 0 Å². The van der Waals surface area contributed by atoms with E-state index in [1.165, 1.54) is 4.90 Å². The first kappa shape index (κ1) is 21.4. The Kier molecular flexibility index (Phi) is 9.14. The highest BCUT2D eigenvalue weighted by molar-refractivity contribution is 5.93. The van der Waals surface area contributed by atoms with E-state index in [-0.39, 0.29) is 37.4 Å². The summed E-state index contributed by atoms with van der Waals surface area (Å²) in [6.45, 7) is 2.65. The minimum absolute atomic E-state index is 0.00266. The molecule has 0 saturated heterocycles. The molecule has 1 aromatic rings. The van der Waals surface area contributed by atoms with Crippen molar-refractivity contribution < 1.29 is 19.1 Å². The molecule has 8 nitrogen and oxygen atoms in total. The lowest BCUT2D eigenvalue weighted by Crippen LogP contribution is -2.43. The van der Waals surface area contributed by atoms with E-state index in [2.05, 4.69) is 10.6 Å². The Morgan fingerprint density at radius 2 is 1.81 bits per heavy atom. The molecule has 0 atom stereocenters. The molecule has 0 aliphatic heterocycles. The standard InChI is InChI=1S/C18H28N4O4/c1-5-9-19-16(23)12-22(3)18(25)13-21(2)11-17(24)20-14-7-6-8-15(10-14)26-4/h6-8,10H,5,9,11-13H2,1-4H3,(H,19,23)(H,20,24). The normalized spacial score (nSPS) is 10.3. The molecule has 0 bridgehead atoms. The Morgan fingerprint density at radius 1 is 1.08 bits per heavy atom. The van der Waals surface area contributed by atoms with Crippen LogP contribution in [0.25, 0.3) is 0 Å². The van der Waals surface area contributed by atoms with Crippen LogP contribution < -0.4 is 15.4 Å². The summed E-state index contributed by atoms with van der Waals surface area (Å²) in [5, 5.41) is 5.48. The van der Waals surface area contributed by atoms with Crippen molar-refractivity contribution in [2.24, 2.45) is 0 Å². The smallest absolute Gasteiger partial charge is 0.239 e. The second-order valence-corrected chi connectivity index (χ2v) is 6.05. The minimum Gasteiger partial charge on any atom is -0.497 e. The van der Waals surface area contributed by atoms with E-state index >= 15 is 0 Å². The summed E-state index contributed by atoms with van der Waals surface area (Å²) >= 11 is 0. The van der Waals surface area contributed by atoms with Gasteiger partial charge in [-0.3, -0.25) is 19.3 Å². The summed E-state index contributed by atoms with van der Waals surface area (Å²) in [4.78, 5) is 38.8. The highest BCUT2D eigenvalue weighted by Gasteiger charge is 2.16. The molecule has 26 heavy (non-hydrogen) atoms. The molecule has 0 saturated carbocycles. The summed E-state index contributed by atoms with van der Waals surface area (Å²) in [7, 11) is 4.80. The molecule has 1 aromatic carbocycles. The molecule has 0 spiro atoms. The Hall–Kier alpha value is -2.61. The van der Waals surface area contributed by atoms with Gasteiger partial charge >= 0.3 is 0 Å². The number of hydrogen-bond donors (Lipinski definition) is 2. The lowest BCUT2D eigenvalue weighted by Gasteiger charge is -2.21. The van der Waals surface area contributed by atoms with Crippen molar-refractivity contribution in [1.29, 1.82) is 0 Å². The number of hydrogen-bond acceptors (Lipinski definition) is 5. The first-order chi connectivity index (χ1) is 12.3. The third kappa shape index (κ3) is 7.98. The molecular weight excluding hydrogens is 336 g/mol. The number of ether oxygens (including phenoxy) is 1. The van der Waals surface area contributed by atoms with Crippen LogP contribution in [0.2, 0.25) is 0 Å². The second-order valence-electron chi connectivity index (χ2n) is 6.05. The summed E-state index contributed by atoms with van der Waals surface area (Å²) in [6.07, 6.45) is 0.842. The molecule has 144 valence electrons. The first-order valence-electron chi connectivity index (χ1n) is 8.48. The number of carbonyl (C=O) groups excluding carboxylic acids is 3. The van der Waals surface area contributed by atoms with Crippen molar-refractivity contribution >= 4 is 23.4 Å². The van der Waals surface area contributed by atoms with Crippen LogP contribution in [0.3, 0.4) is 0 Å². The molecule has 0 radical (unpaired) electrons. The topological polar surface area (TPSA) is 91.0 Å². The molecule has 0 aromatic heterocycles. The Labute approximate surface area is 154 Å². The average Bonchev–Trinajstić information content (AvgIpc) is 2.59. The summed E-state index contributed by atoms with van der Waals surface area (Å²) in [5.74, 6) is -0.0133. The third-order valence-corrected chi connectivity index (χ3v) is 3.55. The Balaban J connectivity index is 2.41. The van der Waals surface area contributed by atoms with Crippen molar-refractivity contribution in [2.45, 2.75) is 13.3 Å². The number of amides is 3. The van der Waals surface area contributed by atoms with Crippen molar-refractivity contribution in [1.82, 2.24) is 15.1 Å². The number of nitrogens with zero attached hydrogens (tertiary/aromatic N) is 2. The van der Waals surface area contributed by atoms with Crippen molar-refractivity contribution in [3.05, 3.63) is 24.3 Å². The molecule has 0 aliphatic carbocycles. The molecule has 3 amide bonds. The van der Waals surface area contributed by atoms with Gasteiger partial charge in [0.05, 0.1) is 26.7 Å². The summed E-state index contributed by atoms with van der Waals surface area (Å²) in [6, 6.07) is 7.03. The number of likely N-dealkylation sites (N-methyl/N-ethyl adjacent to an activating group) is 2. The van der Waals surface area contributed by atoms with Crippen LogP contribution in [0, 0.1) is 0 Å². The van der Waals surface area contributed by atoms with E-state index in [4.69, 9.17) is 4.74 Å². The maximum absolute atomic E-state index is 12.1. The molecule has 0 aliphatic rings. The van der Waals surface area contributed by atoms with Gasteiger partial charge in [-0.1, -0.05) is 13.0 Å². The highest BCUT2D eigenvalue weighted by atomic mass is 16.5. The van der Waals surface area contributed by atoms with Gasteiger partial charge in [-0.25, -0.2) is 0 Å². The fourth-order valence-electron chi connectivity index (χ4n) is 2.18. The van der Waals surface area contributed by atoms with Crippen LogP contribution in [0.15, 0.2) is 24.3 Å². The third-order valence-electron chi connectivity index (χ3n) is 3.55. The first-order valence-corrected chi connectivity index (χ1v) is 8.48. The van der Waals surface area contributed by atoms with E-state index in [0.29, 0.717) is 18.0 Å². The SMILES string of the molecule is CCCNC(=O)CN(C)C(=O)CN(C)CC(=O)Nc1cccc(OC)c1. The Morgan fingerprint density at radius 3 is 2.46 bits per heavy atom. The van der Waals surface area contributed by atoms with E-state index in [1.54, 1.807) is 50.4 Å². The maximum Gasteiger partial charge on any atom is 0.239 e. The van der Waals surface area contributed by atoms with Crippen molar-refractivity contribution in [2.75, 3.05) is 52.7 Å². The van der Waals surface area contributed by atoms with Crippen LogP contribution in [0.5, 0.6) is 5.75 Å². The fraction of sp³-hybridized carbons (Fsp3) is 0.500. The Bertz CT molecular complexity index is 621. The van der Waals surface area contributed by atoms with Gasteiger partial charge in [0.2, 0.25) is 17.7 Å². The lowest BCUT2D eigenvalue weighted by atomic mass is 10.3. The molecule has 0 fully saturated rings. The summed E-state index contributed by atoms with van der Waals surface area (Å²) in [5.41, 5.74) is 0.624. The van der Waals surface area contributed by atoms with Crippen molar-refractivity contribution in [3.63, 3.8) is 0 Å². The zero-order chi connectivity index (χ0) is 19.5. The number of anilines is 1. The van der Waals surface area contributed by atoms with Gasteiger partial charge in [-0.2, -0.15) is 0 Å². The molecule has 2 N–H and O–H groups in total. The summed E-state index contributed by atoms with van der Waals surface area (Å²) < 4.78 is 5.11. The van der Waals surface area contributed by atoms with Gasteiger partial charge in [0.15, 0.2) is 0 Å². The molecule has 8 heteroatoms. The molecule has 1 rings (SSSR count). The fourth-order valence-corrected chi connectivity index (χ4v) is 2.18. The van der Waals surface area contributed by atoms with Gasteiger partial charge < -0.3 is 20.3 Å². The van der Waals surface area contributed by atoms with Gasteiger partial charge in [-0.05, 0) is 25.6 Å². The van der Waals surface area contributed by atoms with E-state index in [9.17, 15) is 14.4 Å². The molecule has 0 unspecified atom stereocenters. The monoisotopic (exact) mass is 364 g/mol. The van der Waals surface area contributed by atoms with E-state index in [0.717, 1.165) is 6.42 Å². The number of rotatable bonds is 10. The minimum atomic E-state index is -0.239. The quantitative estimate of drug-likeness (QED) is 0.633. The van der Waals surface area contributed by atoms with Gasteiger partial charge in [0.25, 0.3) is 0 Å². The van der Waals surface area contributed by atoms with Crippen LogP contribution in [0.4, 0.5) is 5.69 Å². The number of nitrogens with one attached hydrogen (secondary N) is 2. The van der Waals surface area contributed by atoms with Crippen LogP contribution in [-0.2, 0) is 14.4 Å². The van der Waals surface area contributed by atoms with E-state index in [1.807, 2.05) is 6.92 Å². The predicted molar refractivity (Wildman–Crippen MR) is 100 cm³/mol. The van der Waals surface area contributed by atoms with Crippen LogP contribution in [-0.4, -0.2) is 74.9 Å². The lowest BCUT2D eigenvalue weighted by molar-refractivity contribution is -0.135. The van der Waals surface area contributed by atoms with E-state index < -0.39 is 0 Å². The van der Waals surface area contributed by atoms with Crippen LogP contribution >= 0.6 is 0 Å². The maximum atomic E-state index is 12.1. The second kappa shape index (κ2) is 11.1. The van der Waals surface area contributed by atoms with Crippen molar-refractivity contribution in [3.8, 4) is 5.75 Å². The number of carbonyl (C=O) groups is 3. The molecular formula is C18H28N4O4.